The number of carbonyl (C=O) groups is 1. The van der Waals surface area contributed by atoms with Crippen molar-refractivity contribution in [2.75, 3.05) is 24.5 Å². The summed E-state index contributed by atoms with van der Waals surface area (Å²) in [5.74, 6) is -0.330. The predicted molar refractivity (Wildman–Crippen MR) is 171 cm³/mol. The minimum atomic E-state index is -0.194. The molecule has 0 radical (unpaired) electrons. The van der Waals surface area contributed by atoms with Gasteiger partial charge >= 0.3 is 5.97 Å². The second-order valence-corrected chi connectivity index (χ2v) is 13.4. The van der Waals surface area contributed by atoms with E-state index in [1.54, 1.807) is 12.1 Å². The molecule has 43 heavy (non-hydrogen) atoms. The Morgan fingerprint density at radius 3 is 2.44 bits per heavy atom. The lowest BCUT2D eigenvalue weighted by molar-refractivity contribution is -0.146. The normalized spacial score (nSPS) is 18.3. The molecule has 0 N–H and O–H groups in total. The van der Waals surface area contributed by atoms with Gasteiger partial charge in [-0.3, -0.25) is 14.7 Å². The molecule has 3 heterocycles. The van der Waals surface area contributed by atoms with Crippen molar-refractivity contribution in [2.24, 2.45) is 5.41 Å². The zero-order chi connectivity index (χ0) is 30.1. The fraction of sp³-hybridized carbons (Fsp3) is 0.514. The van der Waals surface area contributed by atoms with Gasteiger partial charge in [0.15, 0.2) is 0 Å². The van der Waals surface area contributed by atoms with Crippen LogP contribution in [-0.4, -0.2) is 41.6 Å². The quantitative estimate of drug-likeness (QED) is 0.267. The Hall–Kier alpha value is -3.25. The van der Waals surface area contributed by atoms with E-state index in [2.05, 4.69) is 34.9 Å². The molecule has 0 bridgehead atoms. The molecule has 0 amide bonds. The van der Waals surface area contributed by atoms with Gasteiger partial charge in [-0.1, -0.05) is 49.2 Å². The van der Waals surface area contributed by atoms with Crippen LogP contribution in [0.15, 0.2) is 42.5 Å². The van der Waals surface area contributed by atoms with E-state index in [-0.39, 0.29) is 24.3 Å². The van der Waals surface area contributed by atoms with Crippen LogP contribution < -0.4 is 4.90 Å². The number of aromatic nitrogens is 1. The molecule has 3 aliphatic rings. The number of carbonyl (C=O) groups excluding carboxylic acids is 1. The average Bonchev–Trinajstić information content (AvgIpc) is 3.43. The van der Waals surface area contributed by atoms with E-state index < -0.39 is 0 Å². The fourth-order valence-corrected chi connectivity index (χ4v) is 7.82. The molecule has 0 atom stereocenters. The van der Waals surface area contributed by atoms with Crippen LogP contribution in [0.4, 0.5) is 10.1 Å². The van der Waals surface area contributed by atoms with Gasteiger partial charge in [0.1, 0.15) is 5.82 Å². The van der Waals surface area contributed by atoms with E-state index in [0.29, 0.717) is 12.0 Å². The lowest BCUT2D eigenvalue weighted by Gasteiger charge is -2.42. The van der Waals surface area contributed by atoms with Gasteiger partial charge in [0.05, 0.1) is 18.2 Å². The average molecular weight is 584 g/mol. The first-order valence-electron chi connectivity index (χ1n) is 16.2. The van der Waals surface area contributed by atoms with Crippen LogP contribution in [0, 0.1) is 25.1 Å². The summed E-state index contributed by atoms with van der Waals surface area (Å²) in [4.78, 5) is 22.9. The number of ether oxygens (including phenoxy) is 1. The highest BCUT2D eigenvalue weighted by molar-refractivity contribution is 5.87. The summed E-state index contributed by atoms with van der Waals surface area (Å²) in [5.41, 5.74) is 10.3. The van der Waals surface area contributed by atoms with Crippen molar-refractivity contribution in [3.8, 4) is 11.1 Å². The fourth-order valence-electron chi connectivity index (χ4n) is 7.82. The van der Waals surface area contributed by atoms with Crippen LogP contribution in [-0.2, 0) is 35.5 Å². The largest absolute Gasteiger partial charge is 0.463 e. The summed E-state index contributed by atoms with van der Waals surface area (Å²) in [7, 11) is 0. The molecule has 3 aromatic rings. The lowest BCUT2D eigenvalue weighted by Crippen LogP contribution is -2.40. The van der Waals surface area contributed by atoms with Crippen molar-refractivity contribution in [1.82, 2.24) is 9.88 Å². The number of nitrogens with zero attached hydrogens (tertiary/aromatic N) is 3. The molecule has 0 unspecified atom stereocenters. The number of esters is 1. The van der Waals surface area contributed by atoms with Crippen LogP contribution in [0.2, 0.25) is 0 Å². The van der Waals surface area contributed by atoms with Crippen LogP contribution in [0.5, 0.6) is 0 Å². The van der Waals surface area contributed by atoms with Gasteiger partial charge in [-0.15, -0.1) is 0 Å². The number of benzene rings is 2. The molecule has 2 aliphatic heterocycles. The van der Waals surface area contributed by atoms with Crippen LogP contribution in [0.25, 0.3) is 11.1 Å². The summed E-state index contributed by atoms with van der Waals surface area (Å²) >= 11 is 0. The standard InChI is InChI=1S/C37H46FN3O2/c1-25(2)43-34(42)22-32-26(3)39-27(4)35(36(32)41-19-16-37(17-20-41)14-7-8-15-37)29-11-12-30-23-40(18-13-28(30)21-29)24-31-9-5-6-10-33(31)38/h5-6,9-12,21,25H,7-8,13-20,22-24H2,1-4H3. The second-order valence-electron chi connectivity index (χ2n) is 13.4. The zero-order valence-corrected chi connectivity index (χ0v) is 26.3. The van der Waals surface area contributed by atoms with Crippen LogP contribution in [0.3, 0.4) is 0 Å². The Kier molecular flexibility index (Phi) is 8.59. The SMILES string of the molecule is Cc1nc(C)c(-c2ccc3c(c2)CCN(Cc2ccccc2F)C3)c(N2CCC3(CCCC3)CC2)c1CC(=O)OC(C)C. The van der Waals surface area contributed by atoms with Crippen molar-refractivity contribution in [1.29, 1.82) is 0 Å². The maximum absolute atomic E-state index is 14.3. The maximum Gasteiger partial charge on any atom is 0.310 e. The number of piperidine rings is 1. The highest BCUT2D eigenvalue weighted by Crippen LogP contribution is 2.48. The van der Waals surface area contributed by atoms with Crippen molar-refractivity contribution in [3.05, 3.63) is 81.9 Å². The first-order chi connectivity index (χ1) is 20.7. The summed E-state index contributed by atoms with van der Waals surface area (Å²) in [6.45, 7) is 12.3. The number of hydrogen-bond acceptors (Lipinski definition) is 5. The Morgan fingerprint density at radius 2 is 1.72 bits per heavy atom. The van der Waals surface area contributed by atoms with E-state index in [9.17, 15) is 9.18 Å². The Balaban J connectivity index is 1.34. The molecular weight excluding hydrogens is 537 g/mol. The Labute approximate surface area is 256 Å². The van der Waals surface area contributed by atoms with Gasteiger partial charge in [-0.05, 0) is 88.0 Å². The van der Waals surface area contributed by atoms with Gasteiger partial charge in [-0.2, -0.15) is 0 Å². The summed E-state index contributed by atoms with van der Waals surface area (Å²) in [6, 6.07) is 13.9. The van der Waals surface area contributed by atoms with Crippen LogP contribution >= 0.6 is 0 Å². The van der Waals surface area contributed by atoms with Crippen molar-refractivity contribution < 1.29 is 13.9 Å². The number of hydrogen-bond donors (Lipinski definition) is 0. The maximum atomic E-state index is 14.3. The second kappa shape index (κ2) is 12.4. The molecule has 1 aliphatic carbocycles. The first kappa shape index (κ1) is 29.8. The zero-order valence-electron chi connectivity index (χ0n) is 26.3. The smallest absolute Gasteiger partial charge is 0.310 e. The molecule has 1 spiro atoms. The molecule has 228 valence electrons. The van der Waals surface area contributed by atoms with E-state index in [1.807, 2.05) is 32.9 Å². The van der Waals surface area contributed by atoms with Gasteiger partial charge in [0.2, 0.25) is 0 Å². The number of rotatable bonds is 7. The minimum absolute atomic E-state index is 0.136. The number of fused-ring (bicyclic) bond motifs is 1. The van der Waals surface area contributed by atoms with E-state index in [4.69, 9.17) is 9.72 Å². The number of aryl methyl sites for hydroxylation is 2. The summed E-state index contributed by atoms with van der Waals surface area (Å²) in [5, 5.41) is 0. The molecular formula is C37H46FN3O2. The molecule has 5 nitrogen and oxygen atoms in total. The van der Waals surface area contributed by atoms with Gasteiger partial charge in [-0.25, -0.2) is 4.39 Å². The predicted octanol–water partition coefficient (Wildman–Crippen LogP) is 7.72. The number of halogens is 1. The Morgan fingerprint density at radius 1 is 0.977 bits per heavy atom. The molecule has 2 fully saturated rings. The van der Waals surface area contributed by atoms with Crippen molar-refractivity contribution >= 4 is 11.7 Å². The molecule has 1 aromatic heterocycles. The first-order valence-corrected chi connectivity index (χ1v) is 16.2. The van der Waals surface area contributed by atoms with E-state index in [0.717, 1.165) is 60.7 Å². The van der Waals surface area contributed by atoms with Crippen LogP contribution in [0.1, 0.15) is 86.0 Å². The van der Waals surface area contributed by atoms with Crippen molar-refractivity contribution in [2.45, 2.75) is 98.3 Å². The van der Waals surface area contributed by atoms with Gasteiger partial charge < -0.3 is 9.64 Å². The van der Waals surface area contributed by atoms with Crippen molar-refractivity contribution in [3.63, 3.8) is 0 Å². The monoisotopic (exact) mass is 583 g/mol. The highest BCUT2D eigenvalue weighted by atomic mass is 19.1. The number of pyridine rings is 1. The topological polar surface area (TPSA) is 45.7 Å². The molecule has 1 saturated carbocycles. The van der Waals surface area contributed by atoms with Gasteiger partial charge in [0.25, 0.3) is 0 Å². The molecule has 6 rings (SSSR count). The lowest BCUT2D eigenvalue weighted by atomic mass is 9.76. The van der Waals surface area contributed by atoms with E-state index >= 15 is 0 Å². The molecule has 2 aromatic carbocycles. The Bertz CT molecular complexity index is 1480. The number of anilines is 1. The molecule has 1 saturated heterocycles. The third-order valence-electron chi connectivity index (χ3n) is 10.1. The third-order valence-corrected chi connectivity index (χ3v) is 10.1. The van der Waals surface area contributed by atoms with Gasteiger partial charge in [0, 0.05) is 60.8 Å². The van der Waals surface area contributed by atoms with E-state index in [1.165, 1.54) is 60.9 Å². The minimum Gasteiger partial charge on any atom is -0.463 e. The third kappa shape index (κ3) is 6.35. The summed E-state index contributed by atoms with van der Waals surface area (Å²) in [6.07, 6.45) is 8.86. The highest BCUT2D eigenvalue weighted by Gasteiger charge is 2.38. The summed E-state index contributed by atoms with van der Waals surface area (Å²) < 4.78 is 20.0. The molecule has 6 heteroatoms.